The maximum atomic E-state index is 13.7. The van der Waals surface area contributed by atoms with Gasteiger partial charge in [0.05, 0.1) is 6.10 Å². The van der Waals surface area contributed by atoms with Crippen LogP contribution in [-0.4, -0.2) is 25.4 Å². The number of benzene rings is 1. The summed E-state index contributed by atoms with van der Waals surface area (Å²) in [7, 11) is 0. The maximum absolute atomic E-state index is 13.7. The Morgan fingerprint density at radius 1 is 1.25 bits per heavy atom. The molecule has 0 amide bonds. The lowest BCUT2D eigenvalue weighted by atomic mass is 10.1. The van der Waals surface area contributed by atoms with E-state index in [2.05, 4.69) is 5.32 Å². The van der Waals surface area contributed by atoms with Crippen LogP contribution in [0.25, 0.3) is 0 Å². The second-order valence-electron chi connectivity index (χ2n) is 4.53. The van der Waals surface area contributed by atoms with Crippen LogP contribution >= 0.6 is 0 Å². The molecule has 20 heavy (non-hydrogen) atoms. The van der Waals surface area contributed by atoms with Crippen molar-refractivity contribution in [3.63, 3.8) is 0 Å². The Hall–Kier alpha value is -1.14. The zero-order valence-corrected chi connectivity index (χ0v) is 11.5. The minimum Gasteiger partial charge on any atom is -0.360 e. The second kappa shape index (κ2) is 7.59. The summed E-state index contributed by atoms with van der Waals surface area (Å²) in [6, 6.07) is 5.72. The minimum atomic E-state index is -4.46. The van der Waals surface area contributed by atoms with E-state index in [4.69, 9.17) is 4.74 Å². The third-order valence-corrected chi connectivity index (χ3v) is 2.84. The summed E-state index contributed by atoms with van der Waals surface area (Å²) in [6.07, 6.45) is -6.55. The van der Waals surface area contributed by atoms with Crippen LogP contribution in [0.1, 0.15) is 31.9 Å². The molecule has 0 fully saturated rings. The molecule has 0 aliphatic heterocycles. The van der Waals surface area contributed by atoms with Gasteiger partial charge in [-0.15, -0.1) is 0 Å². The van der Waals surface area contributed by atoms with E-state index in [-0.39, 0.29) is 12.1 Å². The van der Waals surface area contributed by atoms with Crippen molar-refractivity contribution < 1.29 is 22.3 Å². The lowest BCUT2D eigenvalue weighted by molar-refractivity contribution is -0.227. The molecule has 1 rings (SSSR count). The first-order valence-electron chi connectivity index (χ1n) is 6.53. The first-order valence-corrected chi connectivity index (χ1v) is 6.53. The average molecular weight is 293 g/mol. The summed E-state index contributed by atoms with van der Waals surface area (Å²) < 4.78 is 56.4. The number of halogens is 4. The molecule has 0 aliphatic carbocycles. The maximum Gasteiger partial charge on any atom is 0.414 e. The first kappa shape index (κ1) is 16.9. The van der Waals surface area contributed by atoms with Crippen LogP contribution in [0.3, 0.4) is 0 Å². The molecule has 2 unspecified atom stereocenters. The molecular formula is C14H19F4NO. The minimum absolute atomic E-state index is 0.132. The molecule has 0 aromatic heterocycles. The van der Waals surface area contributed by atoms with Crippen LogP contribution in [0.5, 0.6) is 0 Å². The number of ether oxygens (including phenoxy) is 1. The summed E-state index contributed by atoms with van der Waals surface area (Å²) >= 11 is 0. The van der Waals surface area contributed by atoms with Crippen LogP contribution in [-0.2, 0) is 4.74 Å². The molecule has 1 N–H and O–H groups in total. The largest absolute Gasteiger partial charge is 0.414 e. The highest BCUT2D eigenvalue weighted by molar-refractivity contribution is 5.20. The molecule has 1 aromatic carbocycles. The van der Waals surface area contributed by atoms with E-state index < -0.39 is 24.2 Å². The molecule has 2 nitrogen and oxygen atoms in total. The highest BCUT2D eigenvalue weighted by Crippen LogP contribution is 2.29. The Bertz CT molecular complexity index is 408. The van der Waals surface area contributed by atoms with Crippen LogP contribution in [0, 0.1) is 5.82 Å². The lowest BCUT2D eigenvalue weighted by Gasteiger charge is -2.25. The van der Waals surface area contributed by atoms with Crippen LogP contribution < -0.4 is 5.32 Å². The van der Waals surface area contributed by atoms with Crippen LogP contribution in [0.15, 0.2) is 24.3 Å². The molecule has 1 aromatic rings. The molecule has 0 heterocycles. The Morgan fingerprint density at radius 2 is 1.90 bits per heavy atom. The second-order valence-corrected chi connectivity index (χ2v) is 4.53. The van der Waals surface area contributed by atoms with E-state index in [0.717, 1.165) is 13.3 Å². The number of rotatable bonds is 7. The highest BCUT2D eigenvalue weighted by Gasteiger charge is 2.39. The Labute approximate surface area is 116 Å². The van der Waals surface area contributed by atoms with Gasteiger partial charge in [-0.1, -0.05) is 25.1 Å². The molecular weight excluding hydrogens is 274 g/mol. The van der Waals surface area contributed by atoms with E-state index >= 15 is 0 Å². The van der Waals surface area contributed by atoms with Crippen molar-refractivity contribution in [2.75, 3.05) is 13.1 Å². The standard InChI is InChI=1S/C14H19F4NO/c1-3-8-19-9-13(20-10(2)14(16,17)18)11-6-4-5-7-12(11)15/h4-7,10,13,19H,3,8-9H2,1-2H3. The van der Waals surface area contributed by atoms with Crippen LogP contribution in [0.4, 0.5) is 17.6 Å². The predicted octanol–water partition coefficient (Wildman–Crippen LogP) is 3.83. The quantitative estimate of drug-likeness (QED) is 0.609. The van der Waals surface area contributed by atoms with E-state index in [1.54, 1.807) is 6.07 Å². The van der Waals surface area contributed by atoms with Gasteiger partial charge in [-0.2, -0.15) is 13.2 Å². The summed E-state index contributed by atoms with van der Waals surface area (Å²) in [5.41, 5.74) is 0.132. The van der Waals surface area contributed by atoms with E-state index in [9.17, 15) is 17.6 Å². The fraction of sp³-hybridized carbons (Fsp3) is 0.571. The van der Waals surface area contributed by atoms with Crippen molar-refractivity contribution in [3.05, 3.63) is 35.6 Å². The fourth-order valence-electron chi connectivity index (χ4n) is 1.70. The zero-order valence-electron chi connectivity index (χ0n) is 11.5. The third-order valence-electron chi connectivity index (χ3n) is 2.84. The molecule has 0 bridgehead atoms. The van der Waals surface area contributed by atoms with Crippen LogP contribution in [0.2, 0.25) is 0 Å². The van der Waals surface area contributed by atoms with Crippen molar-refractivity contribution in [1.82, 2.24) is 5.32 Å². The smallest absolute Gasteiger partial charge is 0.360 e. The predicted molar refractivity (Wildman–Crippen MR) is 68.9 cm³/mol. The van der Waals surface area contributed by atoms with Gasteiger partial charge in [0, 0.05) is 12.1 Å². The van der Waals surface area contributed by atoms with Crippen molar-refractivity contribution in [1.29, 1.82) is 0 Å². The highest BCUT2D eigenvalue weighted by atomic mass is 19.4. The van der Waals surface area contributed by atoms with Gasteiger partial charge in [0.25, 0.3) is 0 Å². The van der Waals surface area contributed by atoms with Gasteiger partial charge in [0.15, 0.2) is 6.10 Å². The lowest BCUT2D eigenvalue weighted by Crippen LogP contribution is -2.34. The fourth-order valence-corrected chi connectivity index (χ4v) is 1.70. The topological polar surface area (TPSA) is 21.3 Å². The Morgan fingerprint density at radius 3 is 2.45 bits per heavy atom. The van der Waals surface area contributed by atoms with Gasteiger partial charge in [-0.25, -0.2) is 4.39 Å². The van der Waals surface area contributed by atoms with E-state index in [1.165, 1.54) is 18.2 Å². The molecule has 0 radical (unpaired) electrons. The van der Waals surface area contributed by atoms with Crippen molar-refractivity contribution in [2.45, 2.75) is 38.7 Å². The molecule has 114 valence electrons. The Kier molecular flexibility index (Phi) is 6.42. The Balaban J connectivity index is 2.83. The summed E-state index contributed by atoms with van der Waals surface area (Å²) in [5.74, 6) is -0.565. The number of hydrogen-bond donors (Lipinski definition) is 1. The molecule has 0 spiro atoms. The molecule has 0 aliphatic rings. The molecule has 2 atom stereocenters. The average Bonchev–Trinajstić information content (AvgIpc) is 2.37. The number of hydrogen-bond acceptors (Lipinski definition) is 2. The van der Waals surface area contributed by atoms with Crippen molar-refractivity contribution in [3.8, 4) is 0 Å². The van der Waals surface area contributed by atoms with Gasteiger partial charge < -0.3 is 10.1 Å². The first-order chi connectivity index (χ1) is 9.36. The SMILES string of the molecule is CCCNCC(OC(C)C(F)(F)F)c1ccccc1F. The van der Waals surface area contributed by atoms with E-state index in [0.29, 0.717) is 6.54 Å². The van der Waals surface area contributed by atoms with Gasteiger partial charge in [-0.3, -0.25) is 0 Å². The summed E-state index contributed by atoms with van der Waals surface area (Å²) in [4.78, 5) is 0. The number of alkyl halides is 3. The van der Waals surface area contributed by atoms with E-state index in [1.807, 2.05) is 6.92 Å². The zero-order chi connectivity index (χ0) is 15.2. The summed E-state index contributed by atoms with van der Waals surface area (Å²) in [6.45, 7) is 3.63. The third kappa shape index (κ3) is 5.09. The number of nitrogens with one attached hydrogen (secondary N) is 1. The molecule has 0 saturated carbocycles. The van der Waals surface area contributed by atoms with Gasteiger partial charge >= 0.3 is 6.18 Å². The van der Waals surface area contributed by atoms with Crippen molar-refractivity contribution in [2.24, 2.45) is 0 Å². The van der Waals surface area contributed by atoms with Gasteiger partial charge in [0.1, 0.15) is 5.82 Å². The monoisotopic (exact) mass is 293 g/mol. The summed E-state index contributed by atoms with van der Waals surface area (Å²) in [5, 5.41) is 2.96. The van der Waals surface area contributed by atoms with Crippen molar-refractivity contribution >= 4 is 0 Å². The molecule has 6 heteroatoms. The van der Waals surface area contributed by atoms with Gasteiger partial charge in [-0.05, 0) is 26.0 Å². The normalized spacial score (nSPS) is 15.1. The van der Waals surface area contributed by atoms with Gasteiger partial charge in [0.2, 0.25) is 0 Å². The molecule has 0 saturated heterocycles.